The lowest BCUT2D eigenvalue weighted by Crippen LogP contribution is -2.34. The van der Waals surface area contributed by atoms with Gasteiger partial charge in [-0.05, 0) is 19.8 Å². The zero-order valence-corrected chi connectivity index (χ0v) is 12.9. The van der Waals surface area contributed by atoms with E-state index >= 15 is 0 Å². The summed E-state index contributed by atoms with van der Waals surface area (Å²) in [6, 6.07) is 1.48. The van der Waals surface area contributed by atoms with Gasteiger partial charge in [-0.25, -0.2) is 4.98 Å². The standard InChI is InChI=1S/C13H21N3O2S/c1-8(2)7-14-12(18)10(4)19-13-15-9(3)6-11(17)16(13)5/h6,8,10H,7H2,1-5H3,(H,14,18). The lowest BCUT2D eigenvalue weighted by atomic mass is 10.2. The molecule has 19 heavy (non-hydrogen) atoms. The average Bonchev–Trinajstić information content (AvgIpc) is 2.32. The maximum atomic E-state index is 11.9. The summed E-state index contributed by atoms with van der Waals surface area (Å²) in [5.41, 5.74) is 0.560. The van der Waals surface area contributed by atoms with Crippen LogP contribution in [-0.2, 0) is 11.8 Å². The summed E-state index contributed by atoms with van der Waals surface area (Å²) < 4.78 is 1.46. The topological polar surface area (TPSA) is 64.0 Å². The molecular formula is C13H21N3O2S. The summed E-state index contributed by atoms with van der Waals surface area (Å²) in [4.78, 5) is 27.8. The Bertz CT molecular complexity index is 511. The van der Waals surface area contributed by atoms with Crippen molar-refractivity contribution in [2.24, 2.45) is 13.0 Å². The maximum Gasteiger partial charge on any atom is 0.254 e. The van der Waals surface area contributed by atoms with Gasteiger partial charge in [-0.15, -0.1) is 0 Å². The van der Waals surface area contributed by atoms with Gasteiger partial charge in [0.15, 0.2) is 5.16 Å². The molecule has 5 nitrogen and oxygen atoms in total. The first-order valence-electron chi connectivity index (χ1n) is 6.30. The van der Waals surface area contributed by atoms with Crippen LogP contribution in [0.15, 0.2) is 16.0 Å². The van der Waals surface area contributed by atoms with Gasteiger partial charge in [-0.1, -0.05) is 25.6 Å². The molecule has 1 rings (SSSR count). The molecule has 0 saturated heterocycles. The Hall–Kier alpha value is -1.30. The second-order valence-corrected chi connectivity index (χ2v) is 6.28. The van der Waals surface area contributed by atoms with E-state index in [1.165, 1.54) is 22.4 Å². The number of thioether (sulfide) groups is 1. The molecule has 0 aliphatic rings. The number of carbonyl (C=O) groups excluding carboxylic acids is 1. The van der Waals surface area contributed by atoms with Crippen LogP contribution >= 0.6 is 11.8 Å². The van der Waals surface area contributed by atoms with Crippen molar-refractivity contribution in [3.05, 3.63) is 22.1 Å². The Morgan fingerprint density at radius 2 is 2.11 bits per heavy atom. The number of nitrogens with zero attached hydrogens (tertiary/aromatic N) is 2. The highest BCUT2D eigenvalue weighted by Crippen LogP contribution is 2.19. The van der Waals surface area contributed by atoms with Crippen LogP contribution in [0.25, 0.3) is 0 Å². The number of aryl methyl sites for hydroxylation is 1. The summed E-state index contributed by atoms with van der Waals surface area (Å²) in [5, 5.41) is 3.16. The van der Waals surface area contributed by atoms with E-state index in [4.69, 9.17) is 0 Å². The summed E-state index contributed by atoms with van der Waals surface area (Å²) in [5.74, 6) is 0.386. The molecule has 0 aliphatic carbocycles. The molecule has 1 heterocycles. The number of aromatic nitrogens is 2. The number of hydrogen-bond acceptors (Lipinski definition) is 4. The van der Waals surface area contributed by atoms with E-state index in [0.29, 0.717) is 23.3 Å². The fourth-order valence-electron chi connectivity index (χ4n) is 1.39. The molecule has 0 fully saturated rings. The lowest BCUT2D eigenvalue weighted by Gasteiger charge is -2.14. The molecule has 106 valence electrons. The molecule has 1 atom stereocenters. The zero-order chi connectivity index (χ0) is 14.6. The normalized spacial score (nSPS) is 12.5. The maximum absolute atomic E-state index is 11.9. The van der Waals surface area contributed by atoms with E-state index in [2.05, 4.69) is 10.3 Å². The molecule has 0 saturated carbocycles. The first-order chi connectivity index (χ1) is 8.81. The smallest absolute Gasteiger partial charge is 0.254 e. The van der Waals surface area contributed by atoms with Crippen LogP contribution in [0.5, 0.6) is 0 Å². The van der Waals surface area contributed by atoms with Crippen molar-refractivity contribution in [3.8, 4) is 0 Å². The molecule has 0 spiro atoms. The van der Waals surface area contributed by atoms with Gasteiger partial charge in [0, 0.05) is 25.4 Å². The molecular weight excluding hydrogens is 262 g/mol. The van der Waals surface area contributed by atoms with Gasteiger partial charge >= 0.3 is 0 Å². The predicted octanol–water partition coefficient (Wildman–Crippen LogP) is 1.34. The molecule has 6 heteroatoms. The minimum atomic E-state index is -0.279. The van der Waals surface area contributed by atoms with Gasteiger partial charge in [0.1, 0.15) is 0 Å². The van der Waals surface area contributed by atoms with E-state index in [0.717, 1.165) is 0 Å². The van der Waals surface area contributed by atoms with Crippen LogP contribution in [0.4, 0.5) is 0 Å². The lowest BCUT2D eigenvalue weighted by molar-refractivity contribution is -0.120. The molecule has 1 aromatic heterocycles. The van der Waals surface area contributed by atoms with Crippen molar-refractivity contribution in [2.75, 3.05) is 6.54 Å². The van der Waals surface area contributed by atoms with E-state index in [1.807, 2.05) is 20.8 Å². The third kappa shape index (κ3) is 4.70. The minimum Gasteiger partial charge on any atom is -0.355 e. The minimum absolute atomic E-state index is 0.0329. The molecule has 1 unspecified atom stereocenters. The van der Waals surface area contributed by atoms with E-state index in [-0.39, 0.29) is 16.7 Å². The van der Waals surface area contributed by atoms with Crippen LogP contribution in [-0.4, -0.2) is 27.3 Å². The quantitative estimate of drug-likeness (QED) is 0.654. The average molecular weight is 283 g/mol. The molecule has 0 bridgehead atoms. The number of carbonyl (C=O) groups is 1. The summed E-state index contributed by atoms with van der Waals surface area (Å²) in [7, 11) is 1.66. The summed E-state index contributed by atoms with van der Waals surface area (Å²) in [6.07, 6.45) is 0. The van der Waals surface area contributed by atoms with Gasteiger partial charge in [-0.2, -0.15) is 0 Å². The molecule has 1 aromatic rings. The first-order valence-corrected chi connectivity index (χ1v) is 7.18. The summed E-state index contributed by atoms with van der Waals surface area (Å²) >= 11 is 1.30. The fourth-order valence-corrected chi connectivity index (χ4v) is 2.34. The number of amides is 1. The molecule has 1 N–H and O–H groups in total. The fraction of sp³-hybridized carbons (Fsp3) is 0.615. The van der Waals surface area contributed by atoms with Crippen LogP contribution < -0.4 is 10.9 Å². The summed E-state index contributed by atoms with van der Waals surface area (Å²) in [6.45, 7) is 8.33. The van der Waals surface area contributed by atoms with Crippen molar-refractivity contribution >= 4 is 17.7 Å². The Morgan fingerprint density at radius 3 is 2.68 bits per heavy atom. The van der Waals surface area contributed by atoms with Crippen molar-refractivity contribution in [1.82, 2.24) is 14.9 Å². The third-order valence-electron chi connectivity index (χ3n) is 2.56. The van der Waals surface area contributed by atoms with E-state index in [9.17, 15) is 9.59 Å². The van der Waals surface area contributed by atoms with Gasteiger partial charge in [-0.3, -0.25) is 14.2 Å². The highest BCUT2D eigenvalue weighted by Gasteiger charge is 2.17. The van der Waals surface area contributed by atoms with Crippen molar-refractivity contribution in [3.63, 3.8) is 0 Å². The predicted molar refractivity (Wildman–Crippen MR) is 77.4 cm³/mol. The second kappa shape index (κ2) is 6.75. The van der Waals surface area contributed by atoms with Crippen molar-refractivity contribution in [1.29, 1.82) is 0 Å². The van der Waals surface area contributed by atoms with E-state index in [1.54, 1.807) is 14.0 Å². The van der Waals surface area contributed by atoms with E-state index < -0.39 is 0 Å². The van der Waals surface area contributed by atoms with Gasteiger partial charge in [0.2, 0.25) is 5.91 Å². The van der Waals surface area contributed by atoms with Crippen LogP contribution in [0.3, 0.4) is 0 Å². The highest BCUT2D eigenvalue weighted by atomic mass is 32.2. The monoisotopic (exact) mass is 283 g/mol. The van der Waals surface area contributed by atoms with Gasteiger partial charge in [0.25, 0.3) is 5.56 Å². The van der Waals surface area contributed by atoms with Crippen LogP contribution in [0.2, 0.25) is 0 Å². The van der Waals surface area contributed by atoms with Gasteiger partial charge < -0.3 is 5.32 Å². The van der Waals surface area contributed by atoms with Crippen molar-refractivity contribution in [2.45, 2.75) is 38.1 Å². The Balaban J connectivity index is 2.74. The zero-order valence-electron chi connectivity index (χ0n) is 12.1. The Kier molecular flexibility index (Phi) is 5.60. The van der Waals surface area contributed by atoms with Crippen LogP contribution in [0.1, 0.15) is 26.5 Å². The number of hydrogen-bond donors (Lipinski definition) is 1. The third-order valence-corrected chi connectivity index (χ3v) is 3.70. The Morgan fingerprint density at radius 1 is 1.47 bits per heavy atom. The van der Waals surface area contributed by atoms with Gasteiger partial charge in [0.05, 0.1) is 5.25 Å². The van der Waals surface area contributed by atoms with Crippen molar-refractivity contribution < 1.29 is 4.79 Å². The molecule has 0 radical (unpaired) electrons. The largest absolute Gasteiger partial charge is 0.355 e. The SMILES string of the molecule is Cc1cc(=O)n(C)c(SC(C)C(=O)NCC(C)C)n1. The highest BCUT2D eigenvalue weighted by molar-refractivity contribution is 8.00. The van der Waals surface area contributed by atoms with Crippen LogP contribution in [0, 0.1) is 12.8 Å². The second-order valence-electron chi connectivity index (χ2n) is 4.98. The molecule has 0 aromatic carbocycles. The Labute approximate surface area is 117 Å². The molecule has 1 amide bonds. The first kappa shape index (κ1) is 15.8. The number of rotatable bonds is 5. The number of nitrogens with one attached hydrogen (secondary N) is 1. The molecule has 0 aliphatic heterocycles.